The lowest BCUT2D eigenvalue weighted by atomic mass is 10.0. The number of nitrogens with zero attached hydrogens (tertiary/aromatic N) is 3. The van der Waals surface area contributed by atoms with E-state index in [0.717, 1.165) is 28.6 Å². The highest BCUT2D eigenvalue weighted by molar-refractivity contribution is 6.06. The van der Waals surface area contributed by atoms with Gasteiger partial charge in [-0.25, -0.2) is 9.97 Å². The zero-order valence-electron chi connectivity index (χ0n) is 17.3. The minimum atomic E-state index is 0.00536. The molecule has 1 unspecified atom stereocenters. The average molecular weight is 396 g/mol. The number of amides is 1. The normalized spacial score (nSPS) is 11.9. The summed E-state index contributed by atoms with van der Waals surface area (Å²) in [5, 5.41) is 0.781. The van der Waals surface area contributed by atoms with E-state index >= 15 is 0 Å². The van der Waals surface area contributed by atoms with E-state index in [1.54, 1.807) is 6.20 Å². The fourth-order valence-corrected chi connectivity index (χ4v) is 3.57. The van der Waals surface area contributed by atoms with Gasteiger partial charge in [0.1, 0.15) is 0 Å². The molecule has 4 aromatic rings. The summed E-state index contributed by atoms with van der Waals surface area (Å²) in [5.41, 5.74) is 4.08. The Morgan fingerprint density at radius 3 is 2.37 bits per heavy atom. The van der Waals surface area contributed by atoms with Gasteiger partial charge in [-0.2, -0.15) is 0 Å². The Morgan fingerprint density at radius 1 is 0.967 bits per heavy atom. The molecular weight excluding hydrogens is 370 g/mol. The standard InChI is InChI=1S/C26H25N3O/c1-3-19(2)29(18-20-11-6-4-7-12-20)26(30)23-17-24(21-13-8-5-9-14-21)28-25-22(23)15-10-16-27-25/h4-17,19H,3,18H2,1-2H3. The van der Waals surface area contributed by atoms with Crippen LogP contribution in [0.3, 0.4) is 0 Å². The fourth-order valence-electron chi connectivity index (χ4n) is 3.57. The number of carbonyl (C=O) groups is 1. The molecule has 0 radical (unpaired) electrons. The van der Waals surface area contributed by atoms with Gasteiger partial charge in [0.05, 0.1) is 11.3 Å². The molecule has 0 spiro atoms. The molecule has 4 rings (SSSR count). The van der Waals surface area contributed by atoms with Gasteiger partial charge in [-0.05, 0) is 37.1 Å². The molecule has 4 nitrogen and oxygen atoms in total. The maximum atomic E-state index is 13.8. The van der Waals surface area contributed by atoms with E-state index in [-0.39, 0.29) is 11.9 Å². The Bertz CT molecular complexity index is 1140. The molecule has 1 amide bonds. The second-order valence-electron chi connectivity index (χ2n) is 7.47. The molecule has 0 aliphatic heterocycles. The minimum absolute atomic E-state index is 0.00536. The Kier molecular flexibility index (Phi) is 5.84. The first-order chi connectivity index (χ1) is 14.7. The van der Waals surface area contributed by atoms with Crippen molar-refractivity contribution in [3.63, 3.8) is 0 Å². The van der Waals surface area contributed by atoms with Crippen LogP contribution in [0.2, 0.25) is 0 Å². The Balaban J connectivity index is 1.82. The molecule has 0 N–H and O–H groups in total. The third kappa shape index (κ3) is 4.08. The smallest absolute Gasteiger partial charge is 0.255 e. The minimum Gasteiger partial charge on any atom is -0.332 e. The van der Waals surface area contributed by atoms with E-state index in [4.69, 9.17) is 4.98 Å². The molecule has 0 fully saturated rings. The molecule has 30 heavy (non-hydrogen) atoms. The van der Waals surface area contributed by atoms with Gasteiger partial charge in [0.25, 0.3) is 5.91 Å². The van der Waals surface area contributed by atoms with E-state index in [2.05, 4.69) is 31.0 Å². The van der Waals surface area contributed by atoms with Crippen LogP contribution in [0.15, 0.2) is 85.1 Å². The number of fused-ring (bicyclic) bond motifs is 1. The predicted octanol–water partition coefficient (Wildman–Crippen LogP) is 5.74. The van der Waals surface area contributed by atoms with Crippen molar-refractivity contribution in [3.05, 3.63) is 96.2 Å². The molecule has 150 valence electrons. The average Bonchev–Trinajstić information content (AvgIpc) is 2.82. The van der Waals surface area contributed by atoms with Crippen LogP contribution in [-0.2, 0) is 6.54 Å². The first kappa shape index (κ1) is 19.8. The maximum Gasteiger partial charge on any atom is 0.255 e. The summed E-state index contributed by atoms with van der Waals surface area (Å²) in [4.78, 5) is 24.9. The number of aromatic nitrogens is 2. The van der Waals surface area contributed by atoms with Gasteiger partial charge >= 0.3 is 0 Å². The quantitative estimate of drug-likeness (QED) is 0.418. The van der Waals surface area contributed by atoms with Crippen molar-refractivity contribution in [2.24, 2.45) is 0 Å². The first-order valence-corrected chi connectivity index (χ1v) is 10.3. The largest absolute Gasteiger partial charge is 0.332 e. The van der Waals surface area contributed by atoms with Crippen molar-refractivity contribution < 1.29 is 4.79 Å². The number of benzene rings is 2. The van der Waals surface area contributed by atoms with Crippen molar-refractivity contribution in [2.75, 3.05) is 0 Å². The van der Waals surface area contributed by atoms with E-state index in [0.29, 0.717) is 17.8 Å². The highest BCUT2D eigenvalue weighted by atomic mass is 16.2. The van der Waals surface area contributed by atoms with E-state index in [9.17, 15) is 4.79 Å². The van der Waals surface area contributed by atoms with Crippen LogP contribution < -0.4 is 0 Å². The van der Waals surface area contributed by atoms with Gasteiger partial charge in [0.2, 0.25) is 0 Å². The van der Waals surface area contributed by atoms with Crippen LogP contribution in [-0.4, -0.2) is 26.8 Å². The lowest BCUT2D eigenvalue weighted by molar-refractivity contribution is 0.0673. The molecule has 2 heterocycles. The maximum absolute atomic E-state index is 13.8. The number of carbonyl (C=O) groups excluding carboxylic acids is 1. The molecule has 2 aromatic carbocycles. The number of rotatable bonds is 6. The fraction of sp³-hybridized carbons (Fsp3) is 0.192. The number of hydrogen-bond donors (Lipinski definition) is 0. The third-order valence-corrected chi connectivity index (χ3v) is 5.46. The van der Waals surface area contributed by atoms with Crippen molar-refractivity contribution >= 4 is 16.9 Å². The van der Waals surface area contributed by atoms with E-state index in [1.807, 2.05) is 71.6 Å². The van der Waals surface area contributed by atoms with Gasteiger partial charge in [-0.1, -0.05) is 67.6 Å². The molecule has 4 heteroatoms. The molecule has 2 aromatic heterocycles. The zero-order chi connectivity index (χ0) is 20.9. The van der Waals surface area contributed by atoms with Gasteiger partial charge in [0, 0.05) is 29.7 Å². The van der Waals surface area contributed by atoms with Crippen LogP contribution in [0.25, 0.3) is 22.3 Å². The second-order valence-corrected chi connectivity index (χ2v) is 7.47. The van der Waals surface area contributed by atoms with Crippen molar-refractivity contribution in [3.8, 4) is 11.3 Å². The van der Waals surface area contributed by atoms with Crippen LogP contribution in [0.5, 0.6) is 0 Å². The van der Waals surface area contributed by atoms with E-state index in [1.165, 1.54) is 0 Å². The summed E-state index contributed by atoms with van der Waals surface area (Å²) in [5.74, 6) is 0.00536. The van der Waals surface area contributed by atoms with Gasteiger partial charge < -0.3 is 4.90 Å². The SMILES string of the molecule is CCC(C)N(Cc1ccccc1)C(=O)c1cc(-c2ccccc2)nc2ncccc12. The molecule has 0 aliphatic carbocycles. The van der Waals surface area contributed by atoms with Gasteiger partial charge in [-0.3, -0.25) is 4.79 Å². The van der Waals surface area contributed by atoms with Crippen LogP contribution in [0, 0.1) is 0 Å². The molecule has 0 saturated carbocycles. The lowest BCUT2D eigenvalue weighted by Gasteiger charge is -2.29. The van der Waals surface area contributed by atoms with Crippen LogP contribution in [0.4, 0.5) is 0 Å². The van der Waals surface area contributed by atoms with Crippen molar-refractivity contribution in [2.45, 2.75) is 32.9 Å². The molecule has 0 aliphatic rings. The third-order valence-electron chi connectivity index (χ3n) is 5.46. The Hall–Kier alpha value is -3.53. The lowest BCUT2D eigenvalue weighted by Crippen LogP contribution is -2.38. The summed E-state index contributed by atoms with van der Waals surface area (Å²) >= 11 is 0. The highest BCUT2D eigenvalue weighted by Gasteiger charge is 2.24. The summed E-state index contributed by atoms with van der Waals surface area (Å²) in [6.45, 7) is 4.78. The molecule has 0 bridgehead atoms. The summed E-state index contributed by atoms with van der Waals surface area (Å²) < 4.78 is 0. The number of hydrogen-bond acceptors (Lipinski definition) is 3. The topological polar surface area (TPSA) is 46.1 Å². The van der Waals surface area contributed by atoms with Crippen LogP contribution >= 0.6 is 0 Å². The molecule has 0 saturated heterocycles. The Morgan fingerprint density at radius 2 is 1.67 bits per heavy atom. The monoisotopic (exact) mass is 395 g/mol. The van der Waals surface area contributed by atoms with Crippen molar-refractivity contribution in [1.82, 2.24) is 14.9 Å². The summed E-state index contributed by atoms with van der Waals surface area (Å²) in [6.07, 6.45) is 2.60. The van der Waals surface area contributed by atoms with Crippen molar-refractivity contribution in [1.29, 1.82) is 0 Å². The molecule has 1 atom stereocenters. The molecular formula is C26H25N3O. The van der Waals surface area contributed by atoms with E-state index < -0.39 is 0 Å². The van der Waals surface area contributed by atoms with Gasteiger partial charge in [-0.15, -0.1) is 0 Å². The highest BCUT2D eigenvalue weighted by Crippen LogP contribution is 2.26. The first-order valence-electron chi connectivity index (χ1n) is 10.3. The summed E-state index contributed by atoms with van der Waals surface area (Å²) in [6, 6.07) is 25.8. The number of pyridine rings is 2. The van der Waals surface area contributed by atoms with Gasteiger partial charge in [0.15, 0.2) is 5.65 Å². The summed E-state index contributed by atoms with van der Waals surface area (Å²) in [7, 11) is 0. The van der Waals surface area contributed by atoms with Crippen LogP contribution in [0.1, 0.15) is 36.2 Å². The zero-order valence-corrected chi connectivity index (χ0v) is 17.3. The second kappa shape index (κ2) is 8.87. The predicted molar refractivity (Wildman–Crippen MR) is 121 cm³/mol. The Labute approximate surface area is 177 Å².